The number of nitrogens with one attached hydrogen (secondary N) is 1. The van der Waals surface area contributed by atoms with Crippen LogP contribution in [0, 0.1) is 0 Å². The Kier molecular flexibility index (Phi) is 4.53. The lowest BCUT2D eigenvalue weighted by atomic mass is 10.2. The monoisotopic (exact) mass is 299 g/mol. The van der Waals surface area contributed by atoms with Crippen molar-refractivity contribution in [3.05, 3.63) is 42.7 Å². The SMILES string of the molecule is C=CCn1c(CCNC(=O)C2CCCO2)nc2ccccc21. The fourth-order valence-corrected chi connectivity index (χ4v) is 2.84. The van der Waals surface area contributed by atoms with E-state index in [-0.39, 0.29) is 12.0 Å². The maximum absolute atomic E-state index is 11.9. The minimum absolute atomic E-state index is 0.0103. The average molecular weight is 299 g/mol. The molecular weight excluding hydrogens is 278 g/mol. The first-order valence-electron chi connectivity index (χ1n) is 7.74. The van der Waals surface area contributed by atoms with E-state index in [0.29, 0.717) is 19.6 Å². The Morgan fingerprint density at radius 2 is 2.36 bits per heavy atom. The van der Waals surface area contributed by atoms with Crippen molar-refractivity contribution in [1.29, 1.82) is 0 Å². The Hall–Kier alpha value is -2.14. The van der Waals surface area contributed by atoms with Gasteiger partial charge in [0, 0.05) is 26.1 Å². The van der Waals surface area contributed by atoms with E-state index in [1.807, 2.05) is 24.3 Å². The molecule has 1 atom stereocenters. The van der Waals surface area contributed by atoms with E-state index in [1.54, 1.807) is 0 Å². The summed E-state index contributed by atoms with van der Waals surface area (Å²) < 4.78 is 7.52. The molecule has 0 radical (unpaired) electrons. The van der Waals surface area contributed by atoms with Crippen LogP contribution >= 0.6 is 0 Å². The van der Waals surface area contributed by atoms with Gasteiger partial charge in [-0.25, -0.2) is 4.98 Å². The lowest BCUT2D eigenvalue weighted by Gasteiger charge is -2.11. The molecule has 0 bridgehead atoms. The lowest BCUT2D eigenvalue weighted by Crippen LogP contribution is -2.35. The van der Waals surface area contributed by atoms with Gasteiger partial charge in [0.05, 0.1) is 11.0 Å². The molecule has 1 fully saturated rings. The van der Waals surface area contributed by atoms with E-state index in [9.17, 15) is 4.79 Å². The van der Waals surface area contributed by atoms with Crippen molar-refractivity contribution in [2.45, 2.75) is 31.9 Å². The molecule has 1 unspecified atom stereocenters. The third-order valence-electron chi connectivity index (χ3n) is 3.92. The average Bonchev–Trinajstić information content (AvgIpc) is 3.16. The minimum atomic E-state index is -0.271. The number of benzene rings is 1. The number of para-hydroxylation sites is 2. The highest BCUT2D eigenvalue weighted by Gasteiger charge is 2.23. The standard InChI is InChI=1S/C17H21N3O2/c1-2-11-20-14-7-4-3-6-13(14)19-16(20)9-10-18-17(21)15-8-5-12-22-15/h2-4,6-7,15H,1,5,8-12H2,(H,18,21). The van der Waals surface area contributed by atoms with Gasteiger partial charge in [-0.2, -0.15) is 0 Å². The molecule has 1 aromatic heterocycles. The summed E-state index contributed by atoms with van der Waals surface area (Å²) in [6, 6.07) is 8.05. The molecule has 1 amide bonds. The van der Waals surface area contributed by atoms with E-state index in [4.69, 9.17) is 4.74 Å². The molecule has 1 aliphatic rings. The van der Waals surface area contributed by atoms with Crippen LogP contribution in [0.2, 0.25) is 0 Å². The number of carbonyl (C=O) groups is 1. The van der Waals surface area contributed by atoms with Crippen molar-refractivity contribution in [2.75, 3.05) is 13.2 Å². The Morgan fingerprint density at radius 1 is 1.50 bits per heavy atom. The van der Waals surface area contributed by atoms with Crippen LogP contribution in [0.1, 0.15) is 18.7 Å². The number of amides is 1. The predicted octanol–water partition coefficient (Wildman–Crippen LogP) is 2.06. The molecule has 116 valence electrons. The maximum atomic E-state index is 11.9. The molecule has 22 heavy (non-hydrogen) atoms. The number of hydrogen-bond donors (Lipinski definition) is 1. The van der Waals surface area contributed by atoms with Crippen LogP contribution in [0.15, 0.2) is 36.9 Å². The smallest absolute Gasteiger partial charge is 0.249 e. The van der Waals surface area contributed by atoms with Gasteiger partial charge in [0.15, 0.2) is 0 Å². The van der Waals surface area contributed by atoms with Crippen LogP contribution in [-0.2, 0) is 22.5 Å². The number of fused-ring (bicyclic) bond motifs is 1. The summed E-state index contributed by atoms with van der Waals surface area (Å²) in [7, 11) is 0. The highest BCUT2D eigenvalue weighted by molar-refractivity contribution is 5.81. The summed E-state index contributed by atoms with van der Waals surface area (Å²) in [4.78, 5) is 16.6. The second-order valence-corrected chi connectivity index (χ2v) is 5.46. The summed E-state index contributed by atoms with van der Waals surface area (Å²) in [5.41, 5.74) is 2.08. The second kappa shape index (κ2) is 6.75. The van der Waals surface area contributed by atoms with Crippen LogP contribution in [0.4, 0.5) is 0 Å². The highest BCUT2D eigenvalue weighted by Crippen LogP contribution is 2.16. The van der Waals surface area contributed by atoms with E-state index in [1.165, 1.54) is 0 Å². The number of imidazole rings is 1. The van der Waals surface area contributed by atoms with Gasteiger partial charge in [-0.05, 0) is 25.0 Å². The highest BCUT2D eigenvalue weighted by atomic mass is 16.5. The van der Waals surface area contributed by atoms with Crippen LogP contribution in [0.5, 0.6) is 0 Å². The van der Waals surface area contributed by atoms with Crippen molar-refractivity contribution in [3.63, 3.8) is 0 Å². The van der Waals surface area contributed by atoms with Crippen molar-refractivity contribution < 1.29 is 9.53 Å². The summed E-state index contributed by atoms with van der Waals surface area (Å²) >= 11 is 0. The molecule has 0 aliphatic carbocycles. The molecule has 0 saturated carbocycles. The number of allylic oxidation sites excluding steroid dienone is 1. The van der Waals surface area contributed by atoms with Gasteiger partial charge in [0.1, 0.15) is 11.9 Å². The first-order chi connectivity index (χ1) is 10.8. The summed E-state index contributed by atoms with van der Waals surface area (Å²) in [5.74, 6) is 0.956. The third-order valence-corrected chi connectivity index (χ3v) is 3.92. The van der Waals surface area contributed by atoms with Gasteiger partial charge < -0.3 is 14.6 Å². The molecule has 0 spiro atoms. The zero-order chi connectivity index (χ0) is 15.4. The van der Waals surface area contributed by atoms with Crippen molar-refractivity contribution in [2.24, 2.45) is 0 Å². The van der Waals surface area contributed by atoms with E-state index in [2.05, 4.69) is 27.5 Å². The van der Waals surface area contributed by atoms with E-state index in [0.717, 1.165) is 36.2 Å². The Morgan fingerprint density at radius 3 is 3.14 bits per heavy atom. The van der Waals surface area contributed by atoms with Crippen molar-refractivity contribution in [3.8, 4) is 0 Å². The number of rotatable bonds is 6. The van der Waals surface area contributed by atoms with Gasteiger partial charge in [-0.15, -0.1) is 6.58 Å². The van der Waals surface area contributed by atoms with Crippen LogP contribution in [0.3, 0.4) is 0 Å². The minimum Gasteiger partial charge on any atom is -0.368 e. The Labute approximate surface area is 130 Å². The molecule has 1 N–H and O–H groups in total. The fourth-order valence-electron chi connectivity index (χ4n) is 2.84. The van der Waals surface area contributed by atoms with Gasteiger partial charge in [0.2, 0.25) is 5.91 Å². The zero-order valence-electron chi connectivity index (χ0n) is 12.6. The zero-order valence-corrected chi connectivity index (χ0v) is 12.6. The molecule has 5 nitrogen and oxygen atoms in total. The molecule has 3 rings (SSSR count). The van der Waals surface area contributed by atoms with E-state index >= 15 is 0 Å². The van der Waals surface area contributed by atoms with Gasteiger partial charge >= 0.3 is 0 Å². The summed E-state index contributed by atoms with van der Waals surface area (Å²) in [6.07, 6.45) is 4.07. The quantitative estimate of drug-likeness (QED) is 0.831. The van der Waals surface area contributed by atoms with Crippen LogP contribution < -0.4 is 5.32 Å². The van der Waals surface area contributed by atoms with Crippen molar-refractivity contribution in [1.82, 2.24) is 14.9 Å². The molecule has 1 saturated heterocycles. The topological polar surface area (TPSA) is 56.2 Å². The molecule has 1 aromatic carbocycles. The van der Waals surface area contributed by atoms with Gasteiger partial charge in [-0.1, -0.05) is 18.2 Å². The Balaban J connectivity index is 1.66. The number of carbonyl (C=O) groups excluding carboxylic acids is 1. The second-order valence-electron chi connectivity index (χ2n) is 5.46. The fraction of sp³-hybridized carbons (Fsp3) is 0.412. The first-order valence-corrected chi connectivity index (χ1v) is 7.74. The lowest BCUT2D eigenvalue weighted by molar-refractivity contribution is -0.129. The third kappa shape index (κ3) is 3.04. The largest absolute Gasteiger partial charge is 0.368 e. The predicted molar refractivity (Wildman–Crippen MR) is 85.6 cm³/mol. The van der Waals surface area contributed by atoms with Crippen LogP contribution in [0.25, 0.3) is 11.0 Å². The van der Waals surface area contributed by atoms with Crippen molar-refractivity contribution >= 4 is 16.9 Å². The summed E-state index contributed by atoms with van der Waals surface area (Å²) in [6.45, 7) is 5.78. The van der Waals surface area contributed by atoms with Gasteiger partial charge in [0.25, 0.3) is 0 Å². The maximum Gasteiger partial charge on any atom is 0.249 e. The normalized spacial score (nSPS) is 17.7. The first kappa shape index (κ1) is 14.8. The molecule has 1 aliphatic heterocycles. The Bertz CT molecular complexity index is 672. The van der Waals surface area contributed by atoms with Crippen LogP contribution in [-0.4, -0.2) is 34.7 Å². The van der Waals surface area contributed by atoms with E-state index < -0.39 is 0 Å². The molecule has 2 aromatic rings. The number of hydrogen-bond acceptors (Lipinski definition) is 3. The van der Waals surface area contributed by atoms with Gasteiger partial charge in [-0.3, -0.25) is 4.79 Å². The number of nitrogens with zero attached hydrogens (tertiary/aromatic N) is 2. The molecular formula is C17H21N3O2. The molecule has 5 heteroatoms. The number of ether oxygens (including phenoxy) is 1. The summed E-state index contributed by atoms with van der Waals surface area (Å²) in [5, 5.41) is 2.94. The molecule has 2 heterocycles. The number of aromatic nitrogens is 2.